The summed E-state index contributed by atoms with van der Waals surface area (Å²) in [6, 6.07) is 0. The zero-order chi connectivity index (χ0) is 73.1. The van der Waals surface area contributed by atoms with E-state index in [1.165, 1.54) is 205 Å². The molecule has 0 aromatic rings. The number of phosphoric ester groups is 2. The molecule has 99 heavy (non-hydrogen) atoms. The van der Waals surface area contributed by atoms with E-state index in [1.54, 1.807) is 0 Å². The molecule has 0 aliphatic rings. The van der Waals surface area contributed by atoms with Gasteiger partial charge in [0.2, 0.25) is 0 Å². The van der Waals surface area contributed by atoms with E-state index in [4.69, 9.17) is 37.0 Å². The third-order valence-corrected chi connectivity index (χ3v) is 20.8. The number of aliphatic hydroxyl groups is 1. The number of carbonyl (C=O) groups is 4. The molecule has 0 amide bonds. The second-order valence-corrected chi connectivity index (χ2v) is 33.4. The number of esters is 4. The largest absolute Gasteiger partial charge is 0.472 e. The molecule has 0 saturated carbocycles. The Kier molecular flexibility index (Phi) is 67.8. The van der Waals surface area contributed by atoms with Crippen LogP contribution in [0.3, 0.4) is 0 Å². The van der Waals surface area contributed by atoms with Crippen molar-refractivity contribution in [2.75, 3.05) is 39.6 Å². The Hall–Kier alpha value is -1.94. The van der Waals surface area contributed by atoms with Crippen LogP contribution in [-0.4, -0.2) is 96.7 Å². The normalized spacial score (nSPS) is 14.3. The first-order valence-corrected chi connectivity index (χ1v) is 44.2. The monoisotopic (exact) mass is 1450 g/mol. The van der Waals surface area contributed by atoms with Crippen molar-refractivity contribution in [3.05, 3.63) is 0 Å². The minimum absolute atomic E-state index is 0.102. The van der Waals surface area contributed by atoms with E-state index in [-0.39, 0.29) is 25.7 Å². The van der Waals surface area contributed by atoms with Crippen molar-refractivity contribution < 1.29 is 80.2 Å². The number of carbonyl (C=O) groups excluding carboxylic acids is 4. The maximum Gasteiger partial charge on any atom is 0.472 e. The summed E-state index contributed by atoms with van der Waals surface area (Å²) in [5.74, 6) is 0.908. The molecule has 0 aromatic heterocycles. The highest BCUT2D eigenvalue weighted by atomic mass is 31.2. The maximum absolute atomic E-state index is 13.1. The molecule has 0 aliphatic carbocycles. The van der Waals surface area contributed by atoms with E-state index in [9.17, 15) is 43.2 Å². The molecular formula is C80H156O17P2. The van der Waals surface area contributed by atoms with E-state index in [2.05, 4.69) is 55.4 Å². The van der Waals surface area contributed by atoms with E-state index in [0.29, 0.717) is 37.5 Å². The Bertz CT molecular complexity index is 1940. The molecule has 17 nitrogen and oxygen atoms in total. The zero-order valence-electron chi connectivity index (χ0n) is 65.1. The van der Waals surface area contributed by atoms with Crippen LogP contribution in [0.2, 0.25) is 0 Å². The van der Waals surface area contributed by atoms with Gasteiger partial charge in [-0.15, -0.1) is 0 Å². The van der Waals surface area contributed by atoms with Gasteiger partial charge in [0.1, 0.15) is 19.3 Å². The lowest BCUT2D eigenvalue weighted by Crippen LogP contribution is -2.30. The van der Waals surface area contributed by atoms with Gasteiger partial charge in [-0.2, -0.15) is 0 Å². The van der Waals surface area contributed by atoms with Crippen LogP contribution < -0.4 is 0 Å². The number of phosphoric acid groups is 2. The lowest BCUT2D eigenvalue weighted by atomic mass is 9.99. The summed E-state index contributed by atoms with van der Waals surface area (Å²) in [4.78, 5) is 72.8. The number of unbranched alkanes of at least 4 members (excludes halogenated alkanes) is 42. The van der Waals surface area contributed by atoms with Crippen LogP contribution in [0.4, 0.5) is 0 Å². The first-order valence-electron chi connectivity index (χ1n) is 41.2. The summed E-state index contributed by atoms with van der Waals surface area (Å²) in [6.45, 7) is 14.1. The van der Waals surface area contributed by atoms with Crippen LogP contribution in [0.25, 0.3) is 0 Å². The summed E-state index contributed by atoms with van der Waals surface area (Å²) in [5.41, 5.74) is 0. The molecule has 0 radical (unpaired) electrons. The van der Waals surface area contributed by atoms with Crippen molar-refractivity contribution in [3.8, 4) is 0 Å². The van der Waals surface area contributed by atoms with Crippen molar-refractivity contribution in [1.29, 1.82) is 0 Å². The van der Waals surface area contributed by atoms with Crippen LogP contribution >= 0.6 is 15.6 Å². The molecule has 3 N–H and O–H groups in total. The van der Waals surface area contributed by atoms with Crippen molar-refractivity contribution in [2.45, 2.75) is 427 Å². The minimum Gasteiger partial charge on any atom is -0.462 e. The molecule has 6 atom stereocenters. The Balaban J connectivity index is 5.08. The topological polar surface area (TPSA) is 237 Å². The zero-order valence-corrected chi connectivity index (χ0v) is 66.9. The molecule has 0 bridgehead atoms. The third-order valence-electron chi connectivity index (χ3n) is 18.9. The molecule has 19 heteroatoms. The molecular weight excluding hydrogens is 1290 g/mol. The van der Waals surface area contributed by atoms with Crippen LogP contribution in [0.5, 0.6) is 0 Å². The highest BCUT2D eigenvalue weighted by Gasteiger charge is 2.30. The number of rotatable bonds is 77. The van der Waals surface area contributed by atoms with E-state index >= 15 is 0 Å². The Morgan fingerprint density at radius 1 is 0.283 bits per heavy atom. The van der Waals surface area contributed by atoms with Gasteiger partial charge in [-0.1, -0.05) is 357 Å². The molecule has 0 aliphatic heterocycles. The van der Waals surface area contributed by atoms with Crippen molar-refractivity contribution in [1.82, 2.24) is 0 Å². The fourth-order valence-corrected chi connectivity index (χ4v) is 13.8. The molecule has 588 valence electrons. The van der Waals surface area contributed by atoms with Gasteiger partial charge in [-0.05, 0) is 49.4 Å². The first kappa shape index (κ1) is 97.1. The van der Waals surface area contributed by atoms with Gasteiger partial charge in [0.25, 0.3) is 0 Å². The second kappa shape index (κ2) is 69.1. The summed E-state index contributed by atoms with van der Waals surface area (Å²) >= 11 is 0. The lowest BCUT2D eigenvalue weighted by Gasteiger charge is -2.21. The number of hydrogen-bond acceptors (Lipinski definition) is 15. The van der Waals surface area contributed by atoms with Gasteiger partial charge in [0.15, 0.2) is 12.2 Å². The number of ether oxygens (including phenoxy) is 4. The average molecular weight is 1450 g/mol. The predicted octanol–water partition coefficient (Wildman–Crippen LogP) is 23.6. The molecule has 0 fully saturated rings. The van der Waals surface area contributed by atoms with Crippen LogP contribution in [0.1, 0.15) is 409 Å². The highest BCUT2D eigenvalue weighted by Crippen LogP contribution is 2.45. The Labute approximate surface area is 607 Å². The van der Waals surface area contributed by atoms with Gasteiger partial charge in [-0.25, -0.2) is 9.13 Å². The molecule has 0 rings (SSSR count). The van der Waals surface area contributed by atoms with Gasteiger partial charge in [-0.3, -0.25) is 37.3 Å². The molecule has 0 heterocycles. The van der Waals surface area contributed by atoms with Crippen LogP contribution in [-0.2, 0) is 65.4 Å². The Morgan fingerprint density at radius 2 is 0.485 bits per heavy atom. The molecule has 4 unspecified atom stereocenters. The minimum atomic E-state index is -4.96. The average Bonchev–Trinajstić information content (AvgIpc) is 1.01. The fraction of sp³-hybridized carbons (Fsp3) is 0.950. The fourth-order valence-electron chi connectivity index (χ4n) is 12.2. The van der Waals surface area contributed by atoms with Gasteiger partial charge < -0.3 is 33.8 Å². The molecule has 0 aromatic carbocycles. The van der Waals surface area contributed by atoms with Crippen molar-refractivity contribution >= 4 is 39.5 Å². The van der Waals surface area contributed by atoms with Gasteiger partial charge in [0.05, 0.1) is 26.4 Å². The summed E-state index contributed by atoms with van der Waals surface area (Å²) in [5, 5.41) is 10.6. The third kappa shape index (κ3) is 72.8. The Morgan fingerprint density at radius 3 is 0.717 bits per heavy atom. The predicted molar refractivity (Wildman–Crippen MR) is 404 cm³/mol. The molecule has 0 spiro atoms. The number of hydrogen-bond donors (Lipinski definition) is 3. The highest BCUT2D eigenvalue weighted by molar-refractivity contribution is 7.47. The smallest absolute Gasteiger partial charge is 0.462 e. The summed E-state index contributed by atoms with van der Waals surface area (Å²) in [6.07, 6.45) is 56.1. The van der Waals surface area contributed by atoms with Crippen molar-refractivity contribution in [2.24, 2.45) is 23.7 Å². The second-order valence-electron chi connectivity index (χ2n) is 30.5. The summed E-state index contributed by atoms with van der Waals surface area (Å²) < 4.78 is 68.5. The standard InChI is InChI=1S/C80H156O17P2/c1-9-73(8)59-51-43-33-29-25-21-17-12-10-11-13-18-22-26-30-34-44-52-60-77(82)90-66-76(97-80(85)63-55-47-39-37-42-50-58-72(6)7)69-95-99(88,89)93-65-74(81)64-92-98(86,87)94-68-75(67-91-78(83)61-53-45-38-36-41-49-57-71(4)5)96-79(84)62-54-46-35-31-27-23-19-15-14-16-20-24-28-32-40-48-56-70(2)3/h70-76,81H,9-69H2,1-8H3,(H,86,87)(H,88,89)/t73?,74?,75-,76-/m1/s1. The molecule has 0 saturated heterocycles. The SMILES string of the molecule is CCC(C)CCCCCCCCCCCCCCCCCCCCC(=O)OC[C@H](COP(=O)(O)OCC(O)COP(=O)(O)OC[C@@H](COC(=O)CCCCCCCCC(C)C)OC(=O)CCCCCCCCCCCCCCCCCCC(C)C)OC(=O)CCCCCCCCC(C)C. The maximum atomic E-state index is 13.1. The van der Waals surface area contributed by atoms with Gasteiger partial charge >= 0.3 is 39.5 Å². The van der Waals surface area contributed by atoms with Crippen LogP contribution in [0, 0.1) is 23.7 Å². The van der Waals surface area contributed by atoms with E-state index in [1.807, 2.05) is 0 Å². The lowest BCUT2D eigenvalue weighted by molar-refractivity contribution is -0.161. The van der Waals surface area contributed by atoms with E-state index in [0.717, 1.165) is 108 Å². The first-order chi connectivity index (χ1) is 47.6. The van der Waals surface area contributed by atoms with E-state index < -0.39 is 97.5 Å². The number of aliphatic hydroxyl groups excluding tert-OH is 1. The summed E-state index contributed by atoms with van der Waals surface area (Å²) in [7, 11) is -9.91. The van der Waals surface area contributed by atoms with Gasteiger partial charge in [0, 0.05) is 25.7 Å². The quantitative estimate of drug-likeness (QED) is 0.0222. The van der Waals surface area contributed by atoms with Crippen LogP contribution in [0.15, 0.2) is 0 Å². The van der Waals surface area contributed by atoms with Crippen molar-refractivity contribution in [3.63, 3.8) is 0 Å².